The van der Waals surface area contributed by atoms with Gasteiger partial charge in [0.2, 0.25) is 5.82 Å². The molecule has 1 heterocycles. The van der Waals surface area contributed by atoms with Gasteiger partial charge in [-0.25, -0.2) is 0 Å². The zero-order valence-electron chi connectivity index (χ0n) is 12.3. The fraction of sp³-hybridized carbons (Fsp3) is 0.125. The second kappa shape index (κ2) is 6.56. The summed E-state index contributed by atoms with van der Waals surface area (Å²) in [5, 5.41) is 3.38. The summed E-state index contributed by atoms with van der Waals surface area (Å²) in [5.41, 5.74) is 0.420. The van der Waals surface area contributed by atoms with E-state index in [0.717, 1.165) is 15.5 Å². The molecule has 1 aromatic heterocycles. The third-order valence-electron chi connectivity index (χ3n) is 2.99. The Labute approximate surface area is 139 Å². The van der Waals surface area contributed by atoms with Gasteiger partial charge in [-0.3, -0.25) is 0 Å². The topological polar surface area (TPSA) is 48.2 Å². The van der Waals surface area contributed by atoms with Gasteiger partial charge in [0.15, 0.2) is 0 Å². The molecule has 0 amide bonds. The molecule has 0 aliphatic rings. The number of methoxy groups -OCH3 is 1. The molecule has 3 rings (SSSR count). The van der Waals surface area contributed by atoms with E-state index in [-0.39, 0.29) is 5.82 Å². The van der Waals surface area contributed by atoms with Crippen LogP contribution in [0.1, 0.15) is 5.89 Å². The highest BCUT2D eigenvalue weighted by atomic mass is 32.2. The Balaban J connectivity index is 1.82. The average Bonchev–Trinajstić information content (AvgIpc) is 3.06. The average molecular weight is 351 g/mol. The SMILES string of the molecule is COc1ccc(Sc2[c]ccc(-c3noc(C(F)(F)F)n3)c2)cc1. The summed E-state index contributed by atoms with van der Waals surface area (Å²) in [5.74, 6) is -0.744. The van der Waals surface area contributed by atoms with Crippen molar-refractivity contribution in [3.05, 3.63) is 54.4 Å². The van der Waals surface area contributed by atoms with Crippen molar-refractivity contribution in [1.82, 2.24) is 10.1 Å². The maximum absolute atomic E-state index is 12.5. The molecule has 0 spiro atoms. The van der Waals surface area contributed by atoms with E-state index >= 15 is 0 Å². The number of alkyl halides is 3. The van der Waals surface area contributed by atoms with Gasteiger partial charge in [-0.15, -0.1) is 0 Å². The van der Waals surface area contributed by atoms with E-state index in [1.54, 1.807) is 25.3 Å². The Morgan fingerprint density at radius 1 is 1.17 bits per heavy atom. The van der Waals surface area contributed by atoms with E-state index < -0.39 is 12.1 Å². The van der Waals surface area contributed by atoms with Crippen LogP contribution in [0.5, 0.6) is 5.75 Å². The van der Waals surface area contributed by atoms with Gasteiger partial charge in [0.25, 0.3) is 0 Å². The maximum atomic E-state index is 12.5. The summed E-state index contributed by atoms with van der Waals surface area (Å²) in [6, 6.07) is 15.2. The monoisotopic (exact) mass is 351 g/mol. The highest BCUT2D eigenvalue weighted by Crippen LogP contribution is 2.32. The predicted molar refractivity (Wildman–Crippen MR) is 80.7 cm³/mol. The van der Waals surface area contributed by atoms with Crippen LogP contribution in [0.2, 0.25) is 0 Å². The van der Waals surface area contributed by atoms with E-state index in [2.05, 4.69) is 20.7 Å². The number of benzene rings is 2. The molecule has 123 valence electrons. The van der Waals surface area contributed by atoms with E-state index in [9.17, 15) is 13.2 Å². The summed E-state index contributed by atoms with van der Waals surface area (Å²) >= 11 is 1.41. The summed E-state index contributed by atoms with van der Waals surface area (Å²) < 4.78 is 46.9. The van der Waals surface area contributed by atoms with E-state index in [1.807, 2.05) is 24.3 Å². The first-order valence-corrected chi connectivity index (χ1v) is 7.52. The Hall–Kier alpha value is -2.48. The first-order valence-electron chi connectivity index (χ1n) is 6.70. The molecule has 0 aliphatic heterocycles. The molecule has 0 fully saturated rings. The van der Waals surface area contributed by atoms with Gasteiger partial charge in [0.1, 0.15) is 5.75 Å². The zero-order valence-corrected chi connectivity index (χ0v) is 13.1. The van der Waals surface area contributed by atoms with Gasteiger partial charge < -0.3 is 9.26 Å². The standard InChI is InChI=1S/C16H10F3N2O2S/c1-22-11-5-7-12(8-6-11)24-13-4-2-3-10(9-13)14-20-15(23-21-14)16(17,18)19/h2-3,5-9H,1H3. The van der Waals surface area contributed by atoms with Crippen LogP contribution < -0.4 is 4.74 Å². The van der Waals surface area contributed by atoms with Gasteiger partial charge in [0, 0.05) is 15.4 Å². The minimum Gasteiger partial charge on any atom is -0.497 e. The molecule has 8 heteroatoms. The van der Waals surface area contributed by atoms with Crippen molar-refractivity contribution in [3.8, 4) is 17.1 Å². The predicted octanol–water partition coefficient (Wildman–Crippen LogP) is 4.72. The smallest absolute Gasteiger partial charge is 0.471 e. The molecule has 0 bridgehead atoms. The third kappa shape index (κ3) is 3.70. The molecule has 0 unspecified atom stereocenters. The number of aromatic nitrogens is 2. The molecule has 0 saturated heterocycles. The van der Waals surface area contributed by atoms with Crippen molar-refractivity contribution >= 4 is 11.8 Å². The molecule has 2 aromatic carbocycles. The van der Waals surface area contributed by atoms with Crippen LogP contribution in [0.3, 0.4) is 0 Å². The lowest BCUT2D eigenvalue weighted by Gasteiger charge is -2.04. The summed E-state index contributed by atoms with van der Waals surface area (Å²) in [6.45, 7) is 0. The molecule has 4 nitrogen and oxygen atoms in total. The van der Waals surface area contributed by atoms with Crippen molar-refractivity contribution in [2.45, 2.75) is 16.0 Å². The van der Waals surface area contributed by atoms with Gasteiger partial charge >= 0.3 is 12.1 Å². The largest absolute Gasteiger partial charge is 0.497 e. The van der Waals surface area contributed by atoms with E-state index in [0.29, 0.717) is 5.56 Å². The molecular weight excluding hydrogens is 341 g/mol. The minimum atomic E-state index is -4.66. The number of rotatable bonds is 4. The van der Waals surface area contributed by atoms with Gasteiger partial charge in [0.05, 0.1) is 7.11 Å². The van der Waals surface area contributed by atoms with Gasteiger partial charge in [-0.2, -0.15) is 18.2 Å². The Morgan fingerprint density at radius 3 is 2.54 bits per heavy atom. The van der Waals surface area contributed by atoms with Crippen LogP contribution in [0.4, 0.5) is 13.2 Å². The van der Waals surface area contributed by atoms with Crippen LogP contribution in [0, 0.1) is 6.07 Å². The first-order chi connectivity index (χ1) is 11.5. The van der Waals surface area contributed by atoms with Crippen LogP contribution >= 0.6 is 11.8 Å². The quantitative estimate of drug-likeness (QED) is 0.681. The molecular formula is C16H10F3N2O2S. The van der Waals surface area contributed by atoms with Crippen LogP contribution in [-0.4, -0.2) is 17.3 Å². The van der Waals surface area contributed by atoms with Crippen LogP contribution in [0.15, 0.2) is 56.8 Å². The van der Waals surface area contributed by atoms with Crippen molar-refractivity contribution in [2.75, 3.05) is 7.11 Å². The summed E-state index contributed by atoms with van der Waals surface area (Å²) in [6.07, 6.45) is -4.66. The van der Waals surface area contributed by atoms with Crippen molar-refractivity contribution in [1.29, 1.82) is 0 Å². The maximum Gasteiger partial charge on any atom is 0.471 e. The fourth-order valence-corrected chi connectivity index (χ4v) is 2.71. The number of halogens is 3. The van der Waals surface area contributed by atoms with Crippen LogP contribution in [0.25, 0.3) is 11.4 Å². The second-order valence-corrected chi connectivity index (χ2v) is 5.76. The zero-order chi connectivity index (χ0) is 17.2. The van der Waals surface area contributed by atoms with E-state index in [1.165, 1.54) is 11.8 Å². The first kappa shape index (κ1) is 16.4. The fourth-order valence-electron chi connectivity index (χ4n) is 1.87. The molecule has 0 aliphatic carbocycles. The molecule has 1 radical (unpaired) electrons. The normalized spacial score (nSPS) is 11.5. The molecule has 0 atom stereocenters. The highest BCUT2D eigenvalue weighted by molar-refractivity contribution is 7.99. The lowest BCUT2D eigenvalue weighted by Crippen LogP contribution is -2.04. The van der Waals surface area contributed by atoms with Gasteiger partial charge in [-0.1, -0.05) is 29.1 Å². The highest BCUT2D eigenvalue weighted by Gasteiger charge is 2.38. The Bertz CT molecular complexity index is 832. The molecule has 24 heavy (non-hydrogen) atoms. The summed E-state index contributed by atoms with van der Waals surface area (Å²) in [7, 11) is 1.58. The Kier molecular flexibility index (Phi) is 4.48. The number of hydrogen-bond acceptors (Lipinski definition) is 5. The van der Waals surface area contributed by atoms with Crippen molar-refractivity contribution in [2.24, 2.45) is 0 Å². The third-order valence-corrected chi connectivity index (χ3v) is 3.95. The number of nitrogens with zero attached hydrogens (tertiary/aromatic N) is 2. The number of hydrogen-bond donors (Lipinski definition) is 0. The molecule has 0 saturated carbocycles. The number of ether oxygens (including phenoxy) is 1. The lowest BCUT2D eigenvalue weighted by molar-refractivity contribution is -0.159. The summed E-state index contributed by atoms with van der Waals surface area (Å²) in [4.78, 5) is 5.04. The molecule has 3 aromatic rings. The van der Waals surface area contributed by atoms with Gasteiger partial charge in [-0.05, 0) is 36.4 Å². The van der Waals surface area contributed by atoms with Crippen molar-refractivity contribution < 1.29 is 22.4 Å². The Morgan fingerprint density at radius 2 is 1.92 bits per heavy atom. The van der Waals surface area contributed by atoms with E-state index in [4.69, 9.17) is 4.74 Å². The molecule has 0 N–H and O–H groups in total. The lowest BCUT2D eigenvalue weighted by atomic mass is 10.2. The van der Waals surface area contributed by atoms with Crippen LogP contribution in [-0.2, 0) is 6.18 Å². The minimum absolute atomic E-state index is 0.118. The second-order valence-electron chi connectivity index (χ2n) is 4.64. The van der Waals surface area contributed by atoms with Crippen molar-refractivity contribution in [3.63, 3.8) is 0 Å².